The predicted octanol–water partition coefficient (Wildman–Crippen LogP) is 4.51. The lowest BCUT2D eigenvalue weighted by Gasteiger charge is -2.07. The van der Waals surface area contributed by atoms with E-state index in [4.69, 9.17) is 4.42 Å². The minimum Gasteiger partial charge on any atom is -0.444 e. The number of furan rings is 1. The summed E-state index contributed by atoms with van der Waals surface area (Å²) >= 11 is 4.52. The Hall–Kier alpha value is -2.71. The van der Waals surface area contributed by atoms with Crippen LogP contribution < -0.4 is 10.7 Å². The Morgan fingerprint density at radius 2 is 1.96 bits per heavy atom. The number of nitrogens with zero attached hydrogens (tertiary/aromatic N) is 1. The van der Waals surface area contributed by atoms with Crippen molar-refractivity contribution in [3.8, 4) is 0 Å². The molecule has 6 nitrogen and oxygen atoms in total. The van der Waals surface area contributed by atoms with Crippen molar-refractivity contribution in [1.82, 2.24) is 5.43 Å². The lowest BCUT2D eigenvalue weighted by Crippen LogP contribution is -2.18. The van der Waals surface area contributed by atoms with Crippen LogP contribution in [0.4, 0.5) is 5.69 Å². The van der Waals surface area contributed by atoms with Gasteiger partial charge in [-0.05, 0) is 64.1 Å². The molecular weight excluding hydrogens is 418 g/mol. The summed E-state index contributed by atoms with van der Waals surface area (Å²) in [6.45, 7) is 1.76. The number of hydrogen-bond acceptors (Lipinski definition) is 5. The van der Waals surface area contributed by atoms with Crippen LogP contribution in [0.3, 0.4) is 0 Å². The number of carbonyl (C=O) groups is 2. The van der Waals surface area contributed by atoms with Crippen molar-refractivity contribution in [3.63, 3.8) is 0 Å². The Morgan fingerprint density at radius 3 is 2.65 bits per heavy atom. The highest BCUT2D eigenvalue weighted by Crippen LogP contribution is 2.16. The second-order valence-electron chi connectivity index (χ2n) is 5.25. The molecule has 0 saturated carbocycles. The third-order valence-electron chi connectivity index (χ3n) is 3.41. The number of hydrazone groups is 1. The Balaban J connectivity index is 1.68. The molecule has 2 N–H and O–H groups in total. The maximum absolute atomic E-state index is 12.1. The van der Waals surface area contributed by atoms with E-state index in [1.54, 1.807) is 37.3 Å². The molecule has 2 amide bonds. The normalized spacial score (nSPS) is 11.2. The van der Waals surface area contributed by atoms with Gasteiger partial charge >= 0.3 is 5.91 Å². The van der Waals surface area contributed by atoms with E-state index in [9.17, 15) is 9.59 Å². The summed E-state index contributed by atoms with van der Waals surface area (Å²) < 4.78 is 5.64. The van der Waals surface area contributed by atoms with Crippen LogP contribution in [0.5, 0.6) is 0 Å². The molecule has 0 radical (unpaired) electrons. The van der Waals surface area contributed by atoms with Crippen molar-refractivity contribution >= 4 is 50.5 Å². The molecule has 8 heteroatoms. The zero-order chi connectivity index (χ0) is 18.5. The Bertz CT molecular complexity index is 964. The zero-order valence-electron chi connectivity index (χ0n) is 13.7. The first-order valence-corrected chi connectivity index (χ1v) is 9.25. The molecule has 0 unspecified atom stereocenters. The summed E-state index contributed by atoms with van der Waals surface area (Å²) in [5, 5.41) is 8.77. The topological polar surface area (TPSA) is 83.7 Å². The van der Waals surface area contributed by atoms with Crippen molar-refractivity contribution in [3.05, 3.63) is 74.8 Å². The van der Waals surface area contributed by atoms with E-state index in [0.29, 0.717) is 20.9 Å². The first kappa shape index (κ1) is 18.1. The quantitative estimate of drug-likeness (QED) is 0.460. The first-order chi connectivity index (χ1) is 12.5. The van der Waals surface area contributed by atoms with Gasteiger partial charge in [0.25, 0.3) is 5.91 Å². The molecule has 3 rings (SSSR count). The van der Waals surface area contributed by atoms with E-state index < -0.39 is 5.91 Å². The van der Waals surface area contributed by atoms with Crippen LogP contribution in [0.15, 0.2) is 68.1 Å². The number of rotatable bonds is 5. The molecule has 0 atom stereocenters. The molecular formula is C18H14BrN3O3S. The van der Waals surface area contributed by atoms with Crippen LogP contribution >= 0.6 is 27.3 Å². The van der Waals surface area contributed by atoms with Crippen LogP contribution in [-0.4, -0.2) is 17.5 Å². The number of nitrogens with one attached hydrogen (secondary N) is 2. The second kappa shape index (κ2) is 8.11. The Kier molecular flexibility index (Phi) is 5.65. The number of hydrogen-bond donors (Lipinski definition) is 2. The van der Waals surface area contributed by atoms with Gasteiger partial charge < -0.3 is 9.73 Å². The molecule has 1 aromatic carbocycles. The number of benzene rings is 1. The van der Waals surface area contributed by atoms with Crippen LogP contribution in [0.1, 0.15) is 32.7 Å². The third kappa shape index (κ3) is 4.47. The highest BCUT2D eigenvalue weighted by Gasteiger charge is 2.10. The van der Waals surface area contributed by atoms with Gasteiger partial charge in [0.1, 0.15) is 0 Å². The van der Waals surface area contributed by atoms with Crippen LogP contribution in [0.2, 0.25) is 0 Å². The smallest absolute Gasteiger partial charge is 0.307 e. The Morgan fingerprint density at radius 1 is 1.12 bits per heavy atom. The molecule has 26 heavy (non-hydrogen) atoms. The zero-order valence-corrected chi connectivity index (χ0v) is 16.1. The summed E-state index contributed by atoms with van der Waals surface area (Å²) in [6, 6.07) is 14.0. The van der Waals surface area contributed by atoms with Gasteiger partial charge in [-0.2, -0.15) is 5.10 Å². The van der Waals surface area contributed by atoms with E-state index in [0.717, 1.165) is 5.56 Å². The van der Waals surface area contributed by atoms with E-state index in [1.807, 2.05) is 23.6 Å². The van der Waals surface area contributed by atoms with E-state index in [1.165, 1.54) is 11.3 Å². The number of thiophene rings is 1. The minimum absolute atomic E-state index is 0.158. The minimum atomic E-state index is -0.447. The van der Waals surface area contributed by atoms with Gasteiger partial charge in [-0.3, -0.25) is 9.59 Å². The molecule has 0 bridgehead atoms. The van der Waals surface area contributed by atoms with Gasteiger partial charge in [-0.15, -0.1) is 11.3 Å². The maximum Gasteiger partial charge on any atom is 0.307 e. The van der Waals surface area contributed by atoms with Crippen molar-refractivity contribution in [2.75, 3.05) is 5.32 Å². The van der Waals surface area contributed by atoms with Gasteiger partial charge in [-0.25, -0.2) is 5.43 Å². The van der Waals surface area contributed by atoms with Gasteiger partial charge in [0.15, 0.2) is 10.4 Å². The van der Waals surface area contributed by atoms with Crippen LogP contribution in [-0.2, 0) is 0 Å². The molecule has 3 aromatic rings. The molecule has 0 aliphatic rings. The fourth-order valence-electron chi connectivity index (χ4n) is 2.11. The molecule has 0 aliphatic carbocycles. The molecule has 0 spiro atoms. The predicted molar refractivity (Wildman–Crippen MR) is 105 cm³/mol. The number of amides is 2. The molecule has 132 valence electrons. The van der Waals surface area contributed by atoms with Crippen molar-refractivity contribution in [2.24, 2.45) is 5.10 Å². The summed E-state index contributed by atoms with van der Waals surface area (Å²) in [5.74, 6) is -0.453. The summed E-state index contributed by atoms with van der Waals surface area (Å²) in [6.07, 6.45) is 0. The van der Waals surface area contributed by atoms with E-state index in [-0.39, 0.29) is 11.7 Å². The number of anilines is 1. The number of halogens is 1. The van der Waals surface area contributed by atoms with Gasteiger partial charge in [0, 0.05) is 5.69 Å². The standard InChI is InChI=1S/C18H14BrN3O3S/c1-11(21-22-17(23)14-7-8-16(19)25-14)12-4-2-5-13(10-12)20-18(24)15-6-3-9-26-15/h2-10H,1H3,(H,20,24)(H,22,23)/b21-11-. The number of carbonyl (C=O) groups excluding carboxylic acids is 2. The SMILES string of the molecule is C/C(=N/NC(=O)c1ccc(Br)o1)c1cccc(NC(=O)c2cccs2)c1. The average Bonchev–Trinajstić information content (AvgIpc) is 3.31. The monoisotopic (exact) mass is 431 g/mol. The Labute approximate surface area is 162 Å². The summed E-state index contributed by atoms with van der Waals surface area (Å²) in [7, 11) is 0. The van der Waals surface area contributed by atoms with Gasteiger partial charge in [-0.1, -0.05) is 18.2 Å². The highest BCUT2D eigenvalue weighted by molar-refractivity contribution is 9.10. The average molecular weight is 432 g/mol. The molecule has 0 fully saturated rings. The van der Waals surface area contributed by atoms with Gasteiger partial charge in [0.2, 0.25) is 0 Å². The van der Waals surface area contributed by atoms with Crippen LogP contribution in [0, 0.1) is 0 Å². The molecule has 2 aromatic heterocycles. The molecule has 2 heterocycles. The maximum atomic E-state index is 12.1. The van der Waals surface area contributed by atoms with Crippen molar-refractivity contribution in [1.29, 1.82) is 0 Å². The lowest BCUT2D eigenvalue weighted by molar-refractivity contribution is 0.0925. The summed E-state index contributed by atoms with van der Waals surface area (Å²) in [5.41, 5.74) is 4.46. The molecule has 0 aliphatic heterocycles. The van der Waals surface area contributed by atoms with Gasteiger partial charge in [0.05, 0.1) is 10.6 Å². The summed E-state index contributed by atoms with van der Waals surface area (Å²) in [4.78, 5) is 24.7. The van der Waals surface area contributed by atoms with Crippen molar-refractivity contribution < 1.29 is 14.0 Å². The molecule has 0 saturated heterocycles. The lowest BCUT2D eigenvalue weighted by atomic mass is 10.1. The third-order valence-corrected chi connectivity index (χ3v) is 4.70. The second-order valence-corrected chi connectivity index (χ2v) is 6.98. The first-order valence-electron chi connectivity index (χ1n) is 7.58. The fourth-order valence-corrected chi connectivity index (χ4v) is 3.04. The van der Waals surface area contributed by atoms with E-state index >= 15 is 0 Å². The van der Waals surface area contributed by atoms with E-state index in [2.05, 4.69) is 31.8 Å². The highest BCUT2D eigenvalue weighted by atomic mass is 79.9. The largest absolute Gasteiger partial charge is 0.444 e. The van der Waals surface area contributed by atoms with Crippen molar-refractivity contribution in [2.45, 2.75) is 6.92 Å². The van der Waals surface area contributed by atoms with Crippen LogP contribution in [0.25, 0.3) is 0 Å². The fraction of sp³-hybridized carbons (Fsp3) is 0.0556.